The summed E-state index contributed by atoms with van der Waals surface area (Å²) in [6.07, 6.45) is -0.886. The largest absolute Gasteiger partial charge is 0.353 e. The Hall–Kier alpha value is -2.73. The van der Waals surface area contributed by atoms with Gasteiger partial charge in [0.25, 0.3) is 5.91 Å². The standard InChI is InChI=1S/C24H18Cl2FNO3/c25-18-7-1-15(2-8-18)21-22(16-3-9-19(26)10-4-16)31-23(24(30)28(21)13-14-29)17-5-11-20(27)12-6-17/h1-12,14,21-23H,13H2. The van der Waals surface area contributed by atoms with Gasteiger partial charge in [-0.25, -0.2) is 4.39 Å². The molecule has 3 aromatic carbocycles. The Bertz CT molecular complexity index is 1070. The van der Waals surface area contributed by atoms with E-state index in [9.17, 15) is 14.0 Å². The lowest BCUT2D eigenvalue weighted by Gasteiger charge is -2.44. The molecule has 3 unspecified atom stereocenters. The van der Waals surface area contributed by atoms with Gasteiger partial charge in [0, 0.05) is 10.0 Å². The van der Waals surface area contributed by atoms with Gasteiger partial charge >= 0.3 is 0 Å². The third-order valence-corrected chi connectivity index (χ3v) is 5.77. The molecule has 0 N–H and O–H groups in total. The topological polar surface area (TPSA) is 46.6 Å². The second-order valence-electron chi connectivity index (χ2n) is 7.19. The maximum absolute atomic E-state index is 13.4. The molecule has 1 amide bonds. The molecule has 3 atom stereocenters. The number of amides is 1. The molecule has 4 rings (SSSR count). The number of nitrogens with zero attached hydrogens (tertiary/aromatic N) is 1. The zero-order valence-electron chi connectivity index (χ0n) is 16.3. The van der Waals surface area contributed by atoms with E-state index in [0.717, 1.165) is 11.1 Å². The van der Waals surface area contributed by atoms with E-state index in [1.54, 1.807) is 24.3 Å². The summed E-state index contributed by atoms with van der Waals surface area (Å²) in [4.78, 5) is 26.4. The van der Waals surface area contributed by atoms with E-state index in [-0.39, 0.29) is 12.5 Å². The van der Waals surface area contributed by atoms with Crippen molar-refractivity contribution in [3.05, 3.63) is 105 Å². The van der Waals surface area contributed by atoms with Crippen LogP contribution < -0.4 is 0 Å². The van der Waals surface area contributed by atoms with Gasteiger partial charge in [0.2, 0.25) is 0 Å². The van der Waals surface area contributed by atoms with Gasteiger partial charge in [-0.1, -0.05) is 59.6 Å². The molecule has 0 radical (unpaired) electrons. The van der Waals surface area contributed by atoms with Crippen LogP contribution in [-0.4, -0.2) is 23.6 Å². The Morgan fingerprint density at radius 1 is 0.839 bits per heavy atom. The average molecular weight is 458 g/mol. The summed E-state index contributed by atoms with van der Waals surface area (Å²) >= 11 is 12.1. The highest BCUT2D eigenvalue weighted by Crippen LogP contribution is 2.45. The zero-order valence-corrected chi connectivity index (χ0v) is 17.8. The van der Waals surface area contributed by atoms with E-state index in [1.807, 2.05) is 24.3 Å². The van der Waals surface area contributed by atoms with Crippen molar-refractivity contribution < 1.29 is 18.7 Å². The van der Waals surface area contributed by atoms with Gasteiger partial charge in [-0.05, 0) is 53.1 Å². The van der Waals surface area contributed by atoms with Crippen molar-refractivity contribution in [1.82, 2.24) is 4.90 Å². The summed E-state index contributed by atoms with van der Waals surface area (Å²) in [5.41, 5.74) is 2.08. The van der Waals surface area contributed by atoms with E-state index >= 15 is 0 Å². The lowest BCUT2D eigenvalue weighted by molar-refractivity contribution is -0.175. The molecule has 0 saturated carbocycles. The first-order valence-corrected chi connectivity index (χ1v) is 10.4. The van der Waals surface area contributed by atoms with Crippen molar-refractivity contribution in [3.63, 3.8) is 0 Å². The number of aldehydes is 1. The first-order chi connectivity index (χ1) is 15.0. The van der Waals surface area contributed by atoms with Gasteiger partial charge in [0.15, 0.2) is 6.10 Å². The van der Waals surface area contributed by atoms with Crippen LogP contribution in [0.15, 0.2) is 72.8 Å². The molecule has 158 valence electrons. The van der Waals surface area contributed by atoms with E-state index in [2.05, 4.69) is 0 Å². The molecule has 4 nitrogen and oxygen atoms in total. The summed E-state index contributed by atoms with van der Waals surface area (Å²) in [6, 6.07) is 19.2. The minimum absolute atomic E-state index is 0.114. The maximum Gasteiger partial charge on any atom is 0.257 e. The summed E-state index contributed by atoms with van der Waals surface area (Å²) in [5, 5.41) is 1.12. The number of hydrogen-bond donors (Lipinski definition) is 0. The van der Waals surface area contributed by atoms with Crippen LogP contribution in [0, 0.1) is 5.82 Å². The SMILES string of the molecule is O=CCN1C(=O)C(c2ccc(F)cc2)OC(c2ccc(Cl)cc2)C1c1ccc(Cl)cc1. The highest BCUT2D eigenvalue weighted by molar-refractivity contribution is 6.30. The number of halogens is 3. The van der Waals surface area contributed by atoms with Crippen LogP contribution in [0.4, 0.5) is 4.39 Å². The second-order valence-corrected chi connectivity index (χ2v) is 8.07. The van der Waals surface area contributed by atoms with Crippen LogP contribution in [0.2, 0.25) is 10.0 Å². The van der Waals surface area contributed by atoms with Crippen molar-refractivity contribution in [2.24, 2.45) is 0 Å². The van der Waals surface area contributed by atoms with Crippen molar-refractivity contribution in [3.8, 4) is 0 Å². The minimum Gasteiger partial charge on any atom is -0.353 e. The molecule has 1 fully saturated rings. The smallest absolute Gasteiger partial charge is 0.257 e. The Balaban J connectivity index is 1.83. The Kier molecular flexibility index (Phi) is 6.37. The first-order valence-electron chi connectivity index (χ1n) is 9.64. The van der Waals surface area contributed by atoms with Gasteiger partial charge < -0.3 is 14.4 Å². The number of carbonyl (C=O) groups excluding carboxylic acids is 2. The monoisotopic (exact) mass is 457 g/mol. The number of rotatable bonds is 5. The average Bonchev–Trinajstić information content (AvgIpc) is 2.77. The van der Waals surface area contributed by atoms with E-state index < -0.39 is 24.1 Å². The zero-order chi connectivity index (χ0) is 22.0. The molecule has 1 aliphatic heterocycles. The fourth-order valence-corrected chi connectivity index (χ4v) is 4.05. The predicted octanol–water partition coefficient (Wildman–Crippen LogP) is 5.71. The first kappa shape index (κ1) is 21.5. The summed E-state index contributed by atoms with van der Waals surface area (Å²) in [6.45, 7) is -0.114. The summed E-state index contributed by atoms with van der Waals surface area (Å²) in [5.74, 6) is -0.783. The Morgan fingerprint density at radius 2 is 1.35 bits per heavy atom. The third-order valence-electron chi connectivity index (χ3n) is 5.27. The van der Waals surface area contributed by atoms with E-state index in [1.165, 1.54) is 29.2 Å². The van der Waals surface area contributed by atoms with Crippen molar-refractivity contribution in [2.75, 3.05) is 6.54 Å². The van der Waals surface area contributed by atoms with Crippen molar-refractivity contribution >= 4 is 35.4 Å². The van der Waals surface area contributed by atoms with Gasteiger partial charge in [-0.2, -0.15) is 0 Å². The Labute approximate surface area is 189 Å². The molecular formula is C24H18Cl2FNO3. The number of carbonyl (C=O) groups is 2. The van der Waals surface area contributed by atoms with Crippen LogP contribution in [0.25, 0.3) is 0 Å². The molecule has 1 heterocycles. The van der Waals surface area contributed by atoms with Crippen molar-refractivity contribution in [2.45, 2.75) is 18.2 Å². The molecule has 0 aliphatic carbocycles. The van der Waals surface area contributed by atoms with Crippen molar-refractivity contribution in [1.29, 1.82) is 0 Å². The number of hydrogen-bond acceptors (Lipinski definition) is 3. The van der Waals surface area contributed by atoms with Gasteiger partial charge in [0.05, 0.1) is 12.6 Å². The lowest BCUT2D eigenvalue weighted by atomic mass is 9.90. The van der Waals surface area contributed by atoms with Crippen LogP contribution in [0.1, 0.15) is 34.9 Å². The molecule has 0 aromatic heterocycles. The molecule has 3 aromatic rings. The third kappa shape index (κ3) is 4.49. The normalized spacial score (nSPS) is 21.2. The van der Waals surface area contributed by atoms with Gasteiger partial charge in [0.1, 0.15) is 18.2 Å². The van der Waals surface area contributed by atoms with Gasteiger partial charge in [-0.15, -0.1) is 0 Å². The number of ether oxygens (including phenoxy) is 1. The molecular weight excluding hydrogens is 440 g/mol. The van der Waals surface area contributed by atoms with Crippen LogP contribution in [0.3, 0.4) is 0 Å². The van der Waals surface area contributed by atoms with E-state index in [0.29, 0.717) is 21.9 Å². The predicted molar refractivity (Wildman–Crippen MR) is 116 cm³/mol. The molecule has 0 bridgehead atoms. The molecule has 1 saturated heterocycles. The summed E-state index contributed by atoms with van der Waals surface area (Å²) < 4.78 is 19.8. The quantitative estimate of drug-likeness (QED) is 0.460. The Morgan fingerprint density at radius 3 is 1.90 bits per heavy atom. The van der Waals surface area contributed by atoms with Crippen LogP contribution >= 0.6 is 23.2 Å². The highest BCUT2D eigenvalue weighted by atomic mass is 35.5. The number of morpholine rings is 1. The highest BCUT2D eigenvalue weighted by Gasteiger charge is 2.44. The number of benzene rings is 3. The summed E-state index contributed by atoms with van der Waals surface area (Å²) in [7, 11) is 0. The fourth-order valence-electron chi connectivity index (χ4n) is 3.80. The second kappa shape index (κ2) is 9.18. The lowest BCUT2D eigenvalue weighted by Crippen LogP contribution is -2.47. The molecule has 0 spiro atoms. The fraction of sp³-hybridized carbons (Fsp3) is 0.167. The minimum atomic E-state index is -0.982. The van der Waals surface area contributed by atoms with E-state index in [4.69, 9.17) is 27.9 Å². The maximum atomic E-state index is 13.4. The van der Waals surface area contributed by atoms with Crippen LogP contribution in [0.5, 0.6) is 0 Å². The molecule has 7 heteroatoms. The van der Waals surface area contributed by atoms with Gasteiger partial charge in [-0.3, -0.25) is 4.79 Å². The molecule has 1 aliphatic rings. The van der Waals surface area contributed by atoms with Crippen LogP contribution in [-0.2, 0) is 14.3 Å². The molecule has 31 heavy (non-hydrogen) atoms.